The van der Waals surface area contributed by atoms with Gasteiger partial charge >= 0.3 is 0 Å². The minimum atomic E-state index is 0.497. The van der Waals surface area contributed by atoms with Gasteiger partial charge in [-0.15, -0.1) is 0 Å². The molecule has 1 aromatic carbocycles. The standard InChI is InChI=1S/C18H27N3/c1-3-21(4-2)13-12-19-17-11-7-9-15-14-8-5-6-10-16(14)20-18(15)17/h5-6,8,10,17,19-20H,3-4,7,9,11-13H2,1-2H3. The molecule has 3 rings (SSSR count). The largest absolute Gasteiger partial charge is 0.357 e. The summed E-state index contributed by atoms with van der Waals surface area (Å²) in [5.74, 6) is 0. The molecular formula is C18H27N3. The van der Waals surface area contributed by atoms with Gasteiger partial charge in [-0.3, -0.25) is 0 Å². The molecule has 2 N–H and O–H groups in total. The fourth-order valence-electron chi connectivity index (χ4n) is 3.56. The Morgan fingerprint density at radius 2 is 2.05 bits per heavy atom. The number of likely N-dealkylation sites (N-methyl/N-ethyl adjacent to an activating group) is 1. The molecule has 0 bridgehead atoms. The molecule has 1 atom stereocenters. The number of aryl methyl sites for hydroxylation is 1. The van der Waals surface area contributed by atoms with Crippen LogP contribution in [0.25, 0.3) is 10.9 Å². The summed E-state index contributed by atoms with van der Waals surface area (Å²) in [5, 5.41) is 5.18. The van der Waals surface area contributed by atoms with E-state index in [2.05, 4.69) is 53.3 Å². The number of aromatic amines is 1. The molecule has 0 aliphatic heterocycles. The average molecular weight is 285 g/mol. The van der Waals surface area contributed by atoms with Crippen LogP contribution < -0.4 is 5.32 Å². The number of rotatable bonds is 6. The first-order valence-corrected chi connectivity index (χ1v) is 8.38. The van der Waals surface area contributed by atoms with Crippen molar-refractivity contribution in [3.63, 3.8) is 0 Å². The van der Waals surface area contributed by atoms with Crippen LogP contribution in [-0.4, -0.2) is 36.1 Å². The first kappa shape index (κ1) is 14.6. The fraction of sp³-hybridized carbons (Fsp3) is 0.556. The predicted molar refractivity (Wildman–Crippen MR) is 89.8 cm³/mol. The highest BCUT2D eigenvalue weighted by molar-refractivity contribution is 5.85. The normalized spacial score (nSPS) is 18.3. The van der Waals surface area contributed by atoms with Crippen LogP contribution >= 0.6 is 0 Å². The minimum absolute atomic E-state index is 0.497. The zero-order valence-electron chi connectivity index (χ0n) is 13.3. The second-order valence-corrected chi connectivity index (χ2v) is 5.99. The van der Waals surface area contributed by atoms with E-state index in [0.29, 0.717) is 6.04 Å². The Morgan fingerprint density at radius 3 is 2.86 bits per heavy atom. The molecule has 1 aliphatic carbocycles. The topological polar surface area (TPSA) is 31.1 Å². The molecule has 3 nitrogen and oxygen atoms in total. The zero-order valence-corrected chi connectivity index (χ0v) is 13.3. The fourth-order valence-corrected chi connectivity index (χ4v) is 3.56. The number of para-hydroxylation sites is 1. The lowest BCUT2D eigenvalue weighted by molar-refractivity contribution is 0.292. The molecule has 21 heavy (non-hydrogen) atoms. The van der Waals surface area contributed by atoms with Gasteiger partial charge in [0.05, 0.1) is 0 Å². The van der Waals surface area contributed by atoms with Crippen molar-refractivity contribution in [1.29, 1.82) is 0 Å². The maximum atomic E-state index is 3.76. The minimum Gasteiger partial charge on any atom is -0.357 e. The van der Waals surface area contributed by atoms with Crippen LogP contribution in [0.3, 0.4) is 0 Å². The van der Waals surface area contributed by atoms with Gasteiger partial charge in [0, 0.05) is 35.7 Å². The van der Waals surface area contributed by atoms with Crippen LogP contribution in [0.2, 0.25) is 0 Å². The monoisotopic (exact) mass is 285 g/mol. The van der Waals surface area contributed by atoms with E-state index in [0.717, 1.165) is 26.2 Å². The summed E-state index contributed by atoms with van der Waals surface area (Å²) in [6, 6.07) is 9.21. The SMILES string of the molecule is CCN(CC)CCNC1CCCc2c1[nH]c1ccccc21. The second-order valence-electron chi connectivity index (χ2n) is 5.99. The van der Waals surface area contributed by atoms with Gasteiger partial charge in [-0.25, -0.2) is 0 Å². The van der Waals surface area contributed by atoms with Crippen LogP contribution in [0, 0.1) is 0 Å². The van der Waals surface area contributed by atoms with Gasteiger partial charge in [-0.05, 0) is 44.0 Å². The number of hydrogen-bond acceptors (Lipinski definition) is 2. The highest BCUT2D eigenvalue weighted by Gasteiger charge is 2.23. The Labute approximate surface area is 127 Å². The predicted octanol–water partition coefficient (Wildman–Crippen LogP) is 3.48. The number of H-pyrrole nitrogens is 1. The quantitative estimate of drug-likeness (QED) is 0.851. The highest BCUT2D eigenvalue weighted by Crippen LogP contribution is 2.34. The van der Waals surface area contributed by atoms with Crippen molar-refractivity contribution < 1.29 is 0 Å². The van der Waals surface area contributed by atoms with E-state index in [9.17, 15) is 0 Å². The molecule has 0 amide bonds. The van der Waals surface area contributed by atoms with Gasteiger partial charge in [0.1, 0.15) is 0 Å². The summed E-state index contributed by atoms with van der Waals surface area (Å²) in [4.78, 5) is 6.13. The first-order valence-electron chi connectivity index (χ1n) is 8.38. The molecule has 1 aromatic heterocycles. The van der Waals surface area contributed by atoms with Crippen molar-refractivity contribution >= 4 is 10.9 Å². The van der Waals surface area contributed by atoms with E-state index in [1.165, 1.54) is 41.4 Å². The van der Waals surface area contributed by atoms with E-state index in [1.54, 1.807) is 0 Å². The van der Waals surface area contributed by atoms with Crippen molar-refractivity contribution in [1.82, 2.24) is 15.2 Å². The van der Waals surface area contributed by atoms with E-state index >= 15 is 0 Å². The zero-order chi connectivity index (χ0) is 14.7. The van der Waals surface area contributed by atoms with Crippen LogP contribution in [0.4, 0.5) is 0 Å². The van der Waals surface area contributed by atoms with Crippen LogP contribution in [0.5, 0.6) is 0 Å². The lowest BCUT2D eigenvalue weighted by atomic mass is 9.92. The third-order valence-electron chi connectivity index (χ3n) is 4.83. The van der Waals surface area contributed by atoms with E-state index in [-0.39, 0.29) is 0 Å². The third kappa shape index (κ3) is 2.99. The summed E-state index contributed by atoms with van der Waals surface area (Å²) in [5.41, 5.74) is 4.26. The summed E-state index contributed by atoms with van der Waals surface area (Å²) in [6.45, 7) is 8.96. The number of fused-ring (bicyclic) bond motifs is 3. The Bertz CT molecular complexity index is 583. The van der Waals surface area contributed by atoms with E-state index in [4.69, 9.17) is 0 Å². The third-order valence-corrected chi connectivity index (χ3v) is 4.83. The molecule has 1 heterocycles. The molecule has 0 saturated carbocycles. The molecule has 1 aliphatic rings. The lowest BCUT2D eigenvalue weighted by Crippen LogP contribution is -2.34. The number of benzene rings is 1. The molecule has 114 valence electrons. The molecule has 0 saturated heterocycles. The van der Waals surface area contributed by atoms with Gasteiger partial charge in [-0.1, -0.05) is 32.0 Å². The average Bonchev–Trinajstić information content (AvgIpc) is 2.91. The van der Waals surface area contributed by atoms with Crippen molar-refractivity contribution in [2.45, 2.75) is 39.2 Å². The van der Waals surface area contributed by atoms with Gasteiger partial charge in [-0.2, -0.15) is 0 Å². The smallest absolute Gasteiger partial charge is 0.0476 e. The van der Waals surface area contributed by atoms with Crippen molar-refractivity contribution in [3.05, 3.63) is 35.5 Å². The van der Waals surface area contributed by atoms with Crippen molar-refractivity contribution in [3.8, 4) is 0 Å². The molecule has 2 aromatic rings. The second kappa shape index (κ2) is 6.63. The molecule has 0 spiro atoms. The van der Waals surface area contributed by atoms with Crippen molar-refractivity contribution in [2.75, 3.05) is 26.2 Å². The van der Waals surface area contributed by atoms with Gasteiger partial charge in [0.2, 0.25) is 0 Å². The molecule has 0 radical (unpaired) electrons. The Balaban J connectivity index is 1.72. The van der Waals surface area contributed by atoms with E-state index in [1.807, 2.05) is 0 Å². The van der Waals surface area contributed by atoms with Gasteiger partial charge in [0.15, 0.2) is 0 Å². The van der Waals surface area contributed by atoms with Crippen molar-refractivity contribution in [2.24, 2.45) is 0 Å². The summed E-state index contributed by atoms with van der Waals surface area (Å²) >= 11 is 0. The molecule has 3 heteroatoms. The Morgan fingerprint density at radius 1 is 1.24 bits per heavy atom. The summed E-state index contributed by atoms with van der Waals surface area (Å²) < 4.78 is 0. The van der Waals surface area contributed by atoms with Crippen LogP contribution in [0.15, 0.2) is 24.3 Å². The first-order chi connectivity index (χ1) is 10.3. The molecular weight excluding hydrogens is 258 g/mol. The van der Waals surface area contributed by atoms with Crippen LogP contribution in [0.1, 0.15) is 44.0 Å². The number of hydrogen-bond donors (Lipinski definition) is 2. The van der Waals surface area contributed by atoms with Crippen LogP contribution in [-0.2, 0) is 6.42 Å². The number of aromatic nitrogens is 1. The summed E-state index contributed by atoms with van der Waals surface area (Å²) in [7, 11) is 0. The van der Waals surface area contributed by atoms with Gasteiger partial charge in [0.25, 0.3) is 0 Å². The maximum Gasteiger partial charge on any atom is 0.0476 e. The molecule has 0 fully saturated rings. The van der Waals surface area contributed by atoms with E-state index < -0.39 is 0 Å². The van der Waals surface area contributed by atoms with Gasteiger partial charge < -0.3 is 15.2 Å². The Hall–Kier alpha value is -1.32. The number of nitrogens with one attached hydrogen (secondary N) is 2. The Kier molecular flexibility index (Phi) is 4.61. The highest BCUT2D eigenvalue weighted by atomic mass is 15.1. The molecule has 1 unspecified atom stereocenters. The summed E-state index contributed by atoms with van der Waals surface area (Å²) in [6.07, 6.45) is 3.75. The number of nitrogens with zero attached hydrogens (tertiary/aromatic N) is 1. The maximum absolute atomic E-state index is 3.76. The lowest BCUT2D eigenvalue weighted by Gasteiger charge is -2.25.